The van der Waals surface area contributed by atoms with E-state index in [4.69, 9.17) is 25.8 Å². The van der Waals surface area contributed by atoms with Crippen LogP contribution in [0.4, 0.5) is 4.79 Å². The molecule has 0 spiro atoms. The molecule has 0 fully saturated rings. The molecular weight excluding hydrogens is 436 g/mol. The summed E-state index contributed by atoms with van der Waals surface area (Å²) in [4.78, 5) is 12.2. The molecule has 27 heavy (non-hydrogen) atoms. The number of fused-ring (bicyclic) bond motifs is 1. The molecule has 3 rings (SSSR count). The van der Waals surface area contributed by atoms with Crippen LogP contribution >= 0.6 is 27.5 Å². The van der Waals surface area contributed by atoms with Crippen LogP contribution in [0.1, 0.15) is 24.1 Å². The summed E-state index contributed by atoms with van der Waals surface area (Å²) in [6, 6.07) is 8.83. The van der Waals surface area contributed by atoms with Gasteiger partial charge in [-0.1, -0.05) is 17.7 Å². The number of urea groups is 1. The first-order chi connectivity index (χ1) is 13.0. The Morgan fingerprint density at radius 2 is 2.07 bits per heavy atom. The van der Waals surface area contributed by atoms with Crippen LogP contribution in [0.2, 0.25) is 5.02 Å². The van der Waals surface area contributed by atoms with Crippen LogP contribution in [-0.2, 0) is 6.54 Å². The molecule has 144 valence electrons. The average Bonchev–Trinajstić information content (AvgIpc) is 2.66. The molecule has 0 bridgehead atoms. The standard InChI is InChI=1S/C19H20BrClN2O4/c1-11(13-3-4-16(25-2)14(20)9-13)23-19(24)22-10-12-7-15(21)18-17(8-12)26-5-6-27-18/h3-4,7-9,11H,5-6,10H2,1-2H3,(H2,22,23,24). The number of halogens is 2. The second-order valence-corrected chi connectivity index (χ2v) is 7.31. The quantitative estimate of drug-likeness (QED) is 0.699. The van der Waals surface area contributed by atoms with E-state index in [-0.39, 0.29) is 12.1 Å². The van der Waals surface area contributed by atoms with E-state index in [0.29, 0.717) is 36.3 Å². The van der Waals surface area contributed by atoms with Crippen LogP contribution in [0.3, 0.4) is 0 Å². The number of ether oxygens (including phenoxy) is 3. The average molecular weight is 456 g/mol. The largest absolute Gasteiger partial charge is 0.496 e. The van der Waals surface area contributed by atoms with Crippen LogP contribution in [0.25, 0.3) is 0 Å². The molecule has 6 nitrogen and oxygen atoms in total. The summed E-state index contributed by atoms with van der Waals surface area (Å²) in [6.07, 6.45) is 0. The molecule has 8 heteroatoms. The highest BCUT2D eigenvalue weighted by molar-refractivity contribution is 9.10. The first-order valence-corrected chi connectivity index (χ1v) is 9.61. The number of benzene rings is 2. The molecule has 0 aromatic heterocycles. The minimum Gasteiger partial charge on any atom is -0.496 e. The number of rotatable bonds is 5. The second kappa shape index (κ2) is 8.71. The number of carbonyl (C=O) groups excluding carboxylic acids is 1. The van der Waals surface area contributed by atoms with Gasteiger partial charge >= 0.3 is 6.03 Å². The minimum absolute atomic E-state index is 0.170. The van der Waals surface area contributed by atoms with E-state index < -0.39 is 0 Å². The van der Waals surface area contributed by atoms with E-state index in [0.717, 1.165) is 21.3 Å². The highest BCUT2D eigenvalue weighted by Gasteiger charge is 2.17. The van der Waals surface area contributed by atoms with Crippen molar-refractivity contribution < 1.29 is 19.0 Å². The summed E-state index contributed by atoms with van der Waals surface area (Å²) in [5.74, 6) is 1.89. The summed E-state index contributed by atoms with van der Waals surface area (Å²) < 4.78 is 17.1. The van der Waals surface area contributed by atoms with Crippen LogP contribution in [-0.4, -0.2) is 26.4 Å². The van der Waals surface area contributed by atoms with E-state index >= 15 is 0 Å². The number of hydrogen-bond donors (Lipinski definition) is 2. The van der Waals surface area contributed by atoms with Crippen LogP contribution in [0.15, 0.2) is 34.8 Å². The monoisotopic (exact) mass is 454 g/mol. The number of hydrogen-bond acceptors (Lipinski definition) is 4. The third-order valence-electron chi connectivity index (χ3n) is 4.13. The maximum atomic E-state index is 12.2. The van der Waals surface area contributed by atoms with E-state index in [2.05, 4.69) is 26.6 Å². The lowest BCUT2D eigenvalue weighted by Crippen LogP contribution is -2.36. The molecular formula is C19H20BrClN2O4. The Hall–Kier alpha value is -2.12. The summed E-state index contributed by atoms with van der Waals surface area (Å²) in [5, 5.41) is 6.21. The third-order valence-corrected chi connectivity index (χ3v) is 5.03. The van der Waals surface area contributed by atoms with Crippen LogP contribution in [0, 0.1) is 0 Å². The molecule has 1 aliphatic rings. The number of nitrogens with one attached hydrogen (secondary N) is 2. The first kappa shape index (κ1) is 19.6. The molecule has 1 heterocycles. The van der Waals surface area contributed by atoms with Crippen molar-refractivity contribution in [3.05, 3.63) is 51.0 Å². The van der Waals surface area contributed by atoms with Gasteiger partial charge in [0, 0.05) is 6.54 Å². The van der Waals surface area contributed by atoms with Crippen molar-refractivity contribution in [2.45, 2.75) is 19.5 Å². The highest BCUT2D eigenvalue weighted by Crippen LogP contribution is 2.38. The fourth-order valence-corrected chi connectivity index (χ4v) is 3.58. The molecule has 0 saturated carbocycles. The molecule has 2 amide bonds. The maximum absolute atomic E-state index is 12.2. The van der Waals surface area contributed by atoms with Crippen molar-refractivity contribution in [1.29, 1.82) is 0 Å². The molecule has 0 radical (unpaired) electrons. The minimum atomic E-state index is -0.277. The van der Waals surface area contributed by atoms with Gasteiger partial charge in [0.15, 0.2) is 11.5 Å². The van der Waals surface area contributed by atoms with Crippen molar-refractivity contribution in [2.75, 3.05) is 20.3 Å². The molecule has 1 aliphatic heterocycles. The zero-order valence-electron chi connectivity index (χ0n) is 15.0. The fraction of sp³-hybridized carbons (Fsp3) is 0.316. The van der Waals surface area contributed by atoms with Gasteiger partial charge in [0.2, 0.25) is 0 Å². The SMILES string of the molecule is COc1ccc(C(C)NC(=O)NCc2cc(Cl)c3c(c2)OCCO3)cc1Br. The van der Waals surface area contributed by atoms with Gasteiger partial charge in [-0.25, -0.2) is 4.79 Å². The van der Waals surface area contributed by atoms with Crippen molar-refractivity contribution in [3.63, 3.8) is 0 Å². The normalized spacial score (nSPS) is 13.6. The molecule has 1 atom stereocenters. The van der Waals surface area contributed by atoms with E-state index in [9.17, 15) is 4.79 Å². The van der Waals surface area contributed by atoms with Gasteiger partial charge in [-0.2, -0.15) is 0 Å². The Morgan fingerprint density at radius 1 is 1.30 bits per heavy atom. The molecule has 2 aromatic carbocycles. The lowest BCUT2D eigenvalue weighted by Gasteiger charge is -2.20. The van der Waals surface area contributed by atoms with Crippen molar-refractivity contribution in [1.82, 2.24) is 10.6 Å². The smallest absolute Gasteiger partial charge is 0.315 e. The van der Waals surface area contributed by atoms with E-state index in [1.165, 1.54) is 0 Å². The van der Waals surface area contributed by atoms with Crippen LogP contribution in [0.5, 0.6) is 17.2 Å². The lowest BCUT2D eigenvalue weighted by atomic mass is 10.1. The van der Waals surface area contributed by atoms with Gasteiger partial charge in [-0.05, 0) is 58.2 Å². The van der Waals surface area contributed by atoms with Crippen molar-refractivity contribution in [3.8, 4) is 17.2 Å². The topological polar surface area (TPSA) is 68.8 Å². The van der Waals surface area contributed by atoms with Gasteiger partial charge in [0.05, 0.1) is 22.6 Å². The van der Waals surface area contributed by atoms with Gasteiger partial charge in [-0.3, -0.25) is 0 Å². The lowest BCUT2D eigenvalue weighted by molar-refractivity contribution is 0.171. The zero-order valence-corrected chi connectivity index (χ0v) is 17.3. The van der Waals surface area contributed by atoms with Crippen LogP contribution < -0.4 is 24.8 Å². The van der Waals surface area contributed by atoms with Gasteiger partial charge < -0.3 is 24.8 Å². The maximum Gasteiger partial charge on any atom is 0.315 e. The summed E-state index contributed by atoms with van der Waals surface area (Å²) in [5.41, 5.74) is 1.79. The Kier molecular flexibility index (Phi) is 6.34. The van der Waals surface area contributed by atoms with E-state index in [1.54, 1.807) is 13.2 Å². The fourth-order valence-electron chi connectivity index (χ4n) is 2.73. The Labute approximate surface area is 171 Å². The number of methoxy groups -OCH3 is 1. The molecule has 0 saturated heterocycles. The van der Waals surface area contributed by atoms with Gasteiger partial charge in [-0.15, -0.1) is 0 Å². The summed E-state index contributed by atoms with van der Waals surface area (Å²) >= 11 is 9.67. The highest BCUT2D eigenvalue weighted by atomic mass is 79.9. The number of carbonyl (C=O) groups is 1. The van der Waals surface area contributed by atoms with Crippen molar-refractivity contribution >= 4 is 33.6 Å². The molecule has 0 aliphatic carbocycles. The Morgan fingerprint density at radius 3 is 2.81 bits per heavy atom. The third kappa shape index (κ3) is 4.78. The Balaban J connectivity index is 1.58. The van der Waals surface area contributed by atoms with Gasteiger partial charge in [0.25, 0.3) is 0 Å². The summed E-state index contributed by atoms with van der Waals surface area (Å²) in [6.45, 7) is 3.19. The van der Waals surface area contributed by atoms with Crippen molar-refractivity contribution in [2.24, 2.45) is 0 Å². The zero-order chi connectivity index (χ0) is 19.4. The predicted octanol–water partition coefficient (Wildman–Crippen LogP) is 4.44. The molecule has 2 aromatic rings. The predicted molar refractivity (Wildman–Crippen MR) is 107 cm³/mol. The molecule has 2 N–H and O–H groups in total. The first-order valence-electron chi connectivity index (χ1n) is 8.43. The number of amides is 2. The Bertz CT molecular complexity index is 847. The summed E-state index contributed by atoms with van der Waals surface area (Å²) in [7, 11) is 1.61. The molecule has 1 unspecified atom stereocenters. The van der Waals surface area contributed by atoms with Gasteiger partial charge in [0.1, 0.15) is 19.0 Å². The second-order valence-electron chi connectivity index (χ2n) is 6.04. The van der Waals surface area contributed by atoms with E-state index in [1.807, 2.05) is 31.2 Å².